The molecule has 3 aromatic rings. The van der Waals surface area contributed by atoms with E-state index in [9.17, 15) is 9.50 Å². The maximum absolute atomic E-state index is 14.0. The lowest BCUT2D eigenvalue weighted by Crippen LogP contribution is -2.26. The fraction of sp³-hybridized carbons (Fsp3) is 0.235. The van der Waals surface area contributed by atoms with E-state index < -0.39 is 0 Å². The molecule has 0 atom stereocenters. The Hall–Kier alpha value is -1.74. The Labute approximate surface area is 157 Å². The lowest BCUT2D eigenvalue weighted by molar-refractivity contribution is 0.181. The normalized spacial score (nSPS) is 11.2. The number of halogens is 2. The fourth-order valence-corrected chi connectivity index (χ4v) is 3.55. The standard InChI is InChI=1S/C17H16BrFN4OS/c18-13-2-3-15(19)12(8-13)9-23(6-7-24)10-14-11-25-17(22-14)16-20-4-1-5-21-16/h1-5,8,11,24H,6-7,9-10H2. The number of hydrogen-bond donors (Lipinski definition) is 1. The molecule has 0 amide bonds. The number of aromatic nitrogens is 3. The minimum Gasteiger partial charge on any atom is -0.395 e. The van der Waals surface area contributed by atoms with Gasteiger partial charge in [0.1, 0.15) is 5.82 Å². The van der Waals surface area contributed by atoms with Gasteiger partial charge in [-0.1, -0.05) is 15.9 Å². The molecular weight excluding hydrogens is 407 g/mol. The molecule has 130 valence electrons. The Morgan fingerprint density at radius 1 is 1.20 bits per heavy atom. The number of hydrogen-bond acceptors (Lipinski definition) is 6. The van der Waals surface area contributed by atoms with E-state index in [2.05, 4.69) is 30.9 Å². The van der Waals surface area contributed by atoms with Gasteiger partial charge in [0.2, 0.25) is 0 Å². The summed E-state index contributed by atoms with van der Waals surface area (Å²) in [5.41, 5.74) is 1.42. The van der Waals surface area contributed by atoms with Crippen LogP contribution in [-0.2, 0) is 13.1 Å². The van der Waals surface area contributed by atoms with Crippen molar-refractivity contribution in [1.82, 2.24) is 19.9 Å². The van der Waals surface area contributed by atoms with E-state index in [1.807, 2.05) is 10.3 Å². The van der Waals surface area contributed by atoms with Crippen LogP contribution in [0.3, 0.4) is 0 Å². The summed E-state index contributed by atoms with van der Waals surface area (Å²) in [7, 11) is 0. The van der Waals surface area contributed by atoms with Crippen LogP contribution in [0.4, 0.5) is 4.39 Å². The maximum Gasteiger partial charge on any atom is 0.188 e. The van der Waals surface area contributed by atoms with Gasteiger partial charge in [-0.3, -0.25) is 4.90 Å². The largest absolute Gasteiger partial charge is 0.395 e. The van der Waals surface area contributed by atoms with Crippen molar-refractivity contribution in [3.8, 4) is 10.8 Å². The quantitative estimate of drug-likeness (QED) is 0.631. The summed E-state index contributed by atoms with van der Waals surface area (Å²) in [4.78, 5) is 14.9. The molecule has 0 saturated carbocycles. The van der Waals surface area contributed by atoms with Gasteiger partial charge in [0, 0.05) is 47.4 Å². The molecule has 0 aliphatic heterocycles. The zero-order valence-corrected chi connectivity index (χ0v) is 15.7. The summed E-state index contributed by atoms with van der Waals surface area (Å²) >= 11 is 4.83. The molecule has 8 heteroatoms. The summed E-state index contributed by atoms with van der Waals surface area (Å²) in [6.07, 6.45) is 3.36. The number of nitrogens with zero attached hydrogens (tertiary/aromatic N) is 4. The molecule has 0 radical (unpaired) electrons. The van der Waals surface area contributed by atoms with Gasteiger partial charge in [-0.15, -0.1) is 11.3 Å². The van der Waals surface area contributed by atoms with Crippen molar-refractivity contribution >= 4 is 27.3 Å². The zero-order valence-electron chi connectivity index (χ0n) is 13.3. The van der Waals surface area contributed by atoms with E-state index in [1.54, 1.807) is 30.6 Å². The molecule has 5 nitrogen and oxygen atoms in total. The van der Waals surface area contributed by atoms with E-state index in [4.69, 9.17) is 0 Å². The zero-order chi connectivity index (χ0) is 17.6. The number of thiazole rings is 1. The SMILES string of the molecule is OCCN(Cc1csc(-c2ncccn2)n1)Cc1cc(Br)ccc1F. The number of rotatable bonds is 7. The van der Waals surface area contributed by atoms with E-state index in [0.717, 1.165) is 15.2 Å². The van der Waals surface area contributed by atoms with Crippen molar-refractivity contribution in [1.29, 1.82) is 0 Å². The van der Waals surface area contributed by atoms with Crippen LogP contribution >= 0.6 is 27.3 Å². The average molecular weight is 423 g/mol. The van der Waals surface area contributed by atoms with Gasteiger partial charge in [0.15, 0.2) is 10.8 Å². The highest BCUT2D eigenvalue weighted by Crippen LogP contribution is 2.22. The first-order valence-corrected chi connectivity index (χ1v) is 9.32. The van der Waals surface area contributed by atoms with Crippen LogP contribution in [0.1, 0.15) is 11.3 Å². The summed E-state index contributed by atoms with van der Waals surface area (Å²) in [5.74, 6) is 0.327. The molecule has 0 bridgehead atoms. The third-order valence-corrected chi connectivity index (χ3v) is 4.89. The van der Waals surface area contributed by atoms with Gasteiger partial charge < -0.3 is 5.11 Å². The number of aliphatic hydroxyl groups is 1. The van der Waals surface area contributed by atoms with Crippen molar-refractivity contribution in [2.45, 2.75) is 13.1 Å². The smallest absolute Gasteiger partial charge is 0.188 e. The molecule has 3 rings (SSSR count). The second-order valence-corrected chi connectivity index (χ2v) is 7.16. The van der Waals surface area contributed by atoms with Crippen LogP contribution in [0.15, 0.2) is 46.5 Å². The highest BCUT2D eigenvalue weighted by atomic mass is 79.9. The van der Waals surface area contributed by atoms with Crippen LogP contribution in [0.5, 0.6) is 0 Å². The predicted molar refractivity (Wildman–Crippen MR) is 98.4 cm³/mol. The van der Waals surface area contributed by atoms with E-state index in [0.29, 0.717) is 31.0 Å². The van der Waals surface area contributed by atoms with Crippen LogP contribution in [0.2, 0.25) is 0 Å². The second kappa shape index (κ2) is 8.57. The third kappa shape index (κ3) is 4.88. The minimum atomic E-state index is -0.261. The van der Waals surface area contributed by atoms with Gasteiger partial charge >= 0.3 is 0 Å². The molecule has 1 aromatic carbocycles. The molecule has 0 aliphatic rings. The van der Waals surface area contributed by atoms with Crippen LogP contribution in [0, 0.1) is 5.82 Å². The minimum absolute atomic E-state index is 0.00554. The molecule has 0 saturated heterocycles. The molecule has 0 unspecified atom stereocenters. The van der Waals surface area contributed by atoms with Crippen molar-refractivity contribution < 1.29 is 9.50 Å². The lowest BCUT2D eigenvalue weighted by Gasteiger charge is -2.20. The maximum atomic E-state index is 14.0. The van der Waals surface area contributed by atoms with Gasteiger partial charge in [-0.2, -0.15) is 0 Å². The van der Waals surface area contributed by atoms with Gasteiger partial charge in [-0.05, 0) is 24.3 Å². The lowest BCUT2D eigenvalue weighted by atomic mass is 10.2. The van der Waals surface area contributed by atoms with Crippen molar-refractivity contribution in [2.24, 2.45) is 0 Å². The first-order chi connectivity index (χ1) is 12.2. The van der Waals surface area contributed by atoms with Gasteiger partial charge in [0.05, 0.1) is 12.3 Å². The van der Waals surface area contributed by atoms with Crippen molar-refractivity contribution in [2.75, 3.05) is 13.2 Å². The molecule has 25 heavy (non-hydrogen) atoms. The van der Waals surface area contributed by atoms with Crippen LogP contribution in [-0.4, -0.2) is 38.1 Å². The van der Waals surface area contributed by atoms with Crippen molar-refractivity contribution in [3.63, 3.8) is 0 Å². The third-order valence-electron chi connectivity index (χ3n) is 3.51. The van der Waals surface area contributed by atoms with Gasteiger partial charge in [-0.25, -0.2) is 19.3 Å². The topological polar surface area (TPSA) is 62.1 Å². The molecule has 1 N–H and O–H groups in total. The highest BCUT2D eigenvalue weighted by molar-refractivity contribution is 9.10. The molecule has 0 spiro atoms. The number of benzene rings is 1. The van der Waals surface area contributed by atoms with Crippen molar-refractivity contribution in [3.05, 3.63) is 63.6 Å². The average Bonchev–Trinajstić information content (AvgIpc) is 3.08. The summed E-state index contributed by atoms with van der Waals surface area (Å²) in [5, 5.41) is 12.0. The Bertz CT molecular complexity index is 831. The second-order valence-electron chi connectivity index (χ2n) is 5.39. The molecule has 0 fully saturated rings. The Morgan fingerprint density at radius 3 is 2.76 bits per heavy atom. The molecular formula is C17H16BrFN4OS. The first-order valence-electron chi connectivity index (χ1n) is 7.64. The first kappa shape index (κ1) is 18.1. The summed E-state index contributed by atoms with van der Waals surface area (Å²) in [6, 6.07) is 6.61. The Kier molecular flexibility index (Phi) is 6.19. The summed E-state index contributed by atoms with van der Waals surface area (Å²) < 4.78 is 14.8. The van der Waals surface area contributed by atoms with Gasteiger partial charge in [0.25, 0.3) is 0 Å². The van der Waals surface area contributed by atoms with Crippen LogP contribution in [0.25, 0.3) is 10.8 Å². The Balaban J connectivity index is 1.74. The van der Waals surface area contributed by atoms with E-state index in [1.165, 1.54) is 17.4 Å². The van der Waals surface area contributed by atoms with E-state index in [-0.39, 0.29) is 12.4 Å². The molecule has 2 aromatic heterocycles. The predicted octanol–water partition coefficient (Wildman–Crippen LogP) is 3.50. The summed E-state index contributed by atoms with van der Waals surface area (Å²) in [6.45, 7) is 1.32. The Morgan fingerprint density at radius 2 is 2.00 bits per heavy atom. The highest BCUT2D eigenvalue weighted by Gasteiger charge is 2.13. The molecule has 2 heterocycles. The van der Waals surface area contributed by atoms with E-state index >= 15 is 0 Å². The monoisotopic (exact) mass is 422 g/mol. The van der Waals surface area contributed by atoms with Crippen LogP contribution < -0.4 is 0 Å². The molecule has 0 aliphatic carbocycles. The fourth-order valence-electron chi connectivity index (χ4n) is 2.38. The number of aliphatic hydroxyl groups excluding tert-OH is 1.